The number of thiocarbonyl (C=S) groups is 1. The first-order valence-corrected chi connectivity index (χ1v) is 11.5. The molecule has 3 aliphatic heterocycles. The molecule has 0 N–H and O–H groups in total. The van der Waals surface area contributed by atoms with Gasteiger partial charge in [-0.2, -0.15) is 0 Å². The second kappa shape index (κ2) is 9.49. The maximum atomic E-state index is 13.2. The number of carbonyl (C=O) groups is 1. The number of carbonyl (C=O) groups excluding carboxylic acids is 1. The van der Waals surface area contributed by atoms with Crippen LogP contribution < -0.4 is 0 Å². The molecular formula is C22H32N4O2S. The van der Waals surface area contributed by atoms with E-state index < -0.39 is 0 Å². The van der Waals surface area contributed by atoms with Gasteiger partial charge in [0.25, 0.3) is 0 Å². The summed E-state index contributed by atoms with van der Waals surface area (Å²) in [6, 6.07) is 0.694. The number of aliphatic imine (C=N–C) groups is 1. The second-order valence-corrected chi connectivity index (χ2v) is 8.62. The van der Waals surface area contributed by atoms with E-state index in [0.29, 0.717) is 17.7 Å². The van der Waals surface area contributed by atoms with Gasteiger partial charge in [0, 0.05) is 37.9 Å². The Hall–Kier alpha value is -1.57. The standard InChI is InChI=1S/C22H32N4O2S/c1-2-17-6-3-4-9-24(17)10-5-11-26-21(27)19-16-18(25-12-14-28-15-13-25)7-8-20(19)23-22(26)29/h7-8,16-17,19H,2-6,9-15H2,1H3. The topological polar surface area (TPSA) is 48.4 Å². The van der Waals surface area contributed by atoms with Crippen molar-refractivity contribution in [2.24, 2.45) is 10.9 Å². The summed E-state index contributed by atoms with van der Waals surface area (Å²) in [4.78, 5) is 24.4. The van der Waals surface area contributed by atoms with E-state index in [1.165, 1.54) is 32.2 Å². The Balaban J connectivity index is 1.39. The van der Waals surface area contributed by atoms with Crippen molar-refractivity contribution in [1.29, 1.82) is 0 Å². The van der Waals surface area contributed by atoms with Gasteiger partial charge < -0.3 is 14.5 Å². The van der Waals surface area contributed by atoms with Crippen molar-refractivity contribution >= 4 is 28.9 Å². The van der Waals surface area contributed by atoms with Crippen LogP contribution >= 0.6 is 12.2 Å². The van der Waals surface area contributed by atoms with Crippen molar-refractivity contribution in [3.05, 3.63) is 23.9 Å². The summed E-state index contributed by atoms with van der Waals surface area (Å²) in [5, 5.41) is 0.416. The van der Waals surface area contributed by atoms with Gasteiger partial charge in [-0.3, -0.25) is 9.69 Å². The van der Waals surface area contributed by atoms with Gasteiger partial charge in [-0.1, -0.05) is 13.3 Å². The molecule has 1 amide bonds. The van der Waals surface area contributed by atoms with Gasteiger partial charge in [0.05, 0.1) is 18.9 Å². The molecule has 0 aromatic heterocycles. The highest BCUT2D eigenvalue weighted by atomic mass is 32.1. The summed E-state index contributed by atoms with van der Waals surface area (Å²) in [7, 11) is 0. The van der Waals surface area contributed by atoms with E-state index in [1.54, 1.807) is 4.90 Å². The number of morpholine rings is 1. The van der Waals surface area contributed by atoms with E-state index in [2.05, 4.69) is 27.8 Å². The minimum Gasteiger partial charge on any atom is -0.378 e. The van der Waals surface area contributed by atoms with Gasteiger partial charge in [-0.15, -0.1) is 0 Å². The highest BCUT2D eigenvalue weighted by Crippen LogP contribution is 2.25. The zero-order valence-corrected chi connectivity index (χ0v) is 18.2. The number of amides is 1. The maximum absolute atomic E-state index is 13.2. The Morgan fingerprint density at radius 3 is 2.79 bits per heavy atom. The van der Waals surface area contributed by atoms with Crippen molar-refractivity contribution in [1.82, 2.24) is 14.7 Å². The zero-order chi connectivity index (χ0) is 20.2. The van der Waals surface area contributed by atoms with Crippen LogP contribution in [0.5, 0.6) is 0 Å². The number of fused-ring (bicyclic) bond motifs is 1. The number of allylic oxidation sites excluding steroid dienone is 2. The monoisotopic (exact) mass is 416 g/mol. The van der Waals surface area contributed by atoms with Crippen LogP contribution in [0.1, 0.15) is 39.0 Å². The lowest BCUT2D eigenvalue weighted by Crippen LogP contribution is -2.48. The summed E-state index contributed by atoms with van der Waals surface area (Å²) >= 11 is 5.47. The number of nitrogens with zero attached hydrogens (tertiary/aromatic N) is 4. The summed E-state index contributed by atoms with van der Waals surface area (Å²) in [6.45, 7) is 8.33. The lowest BCUT2D eigenvalue weighted by atomic mass is 9.93. The number of hydrogen-bond acceptors (Lipinski definition) is 5. The predicted octanol–water partition coefficient (Wildman–Crippen LogP) is 2.61. The first-order valence-electron chi connectivity index (χ1n) is 11.1. The molecular weight excluding hydrogens is 384 g/mol. The molecule has 2 saturated heterocycles. The molecule has 158 valence electrons. The zero-order valence-electron chi connectivity index (χ0n) is 17.4. The number of rotatable bonds is 6. The van der Waals surface area contributed by atoms with E-state index in [-0.39, 0.29) is 11.8 Å². The summed E-state index contributed by atoms with van der Waals surface area (Å²) in [5.41, 5.74) is 1.87. The molecule has 6 nitrogen and oxygen atoms in total. The normalized spacial score (nSPS) is 28.3. The Morgan fingerprint density at radius 1 is 1.17 bits per heavy atom. The van der Waals surface area contributed by atoms with E-state index in [1.807, 2.05) is 12.2 Å². The fraction of sp³-hybridized carbons (Fsp3) is 0.682. The quantitative estimate of drug-likeness (QED) is 0.623. The van der Waals surface area contributed by atoms with E-state index in [4.69, 9.17) is 17.0 Å². The highest BCUT2D eigenvalue weighted by Gasteiger charge is 2.35. The average molecular weight is 417 g/mol. The van der Waals surface area contributed by atoms with Crippen LogP contribution in [0.15, 0.2) is 28.9 Å². The summed E-state index contributed by atoms with van der Waals surface area (Å²) in [5.74, 6) is -0.247. The molecule has 2 atom stereocenters. The van der Waals surface area contributed by atoms with Crippen molar-refractivity contribution in [3.63, 3.8) is 0 Å². The van der Waals surface area contributed by atoms with Crippen molar-refractivity contribution in [2.75, 3.05) is 45.9 Å². The Bertz CT molecular complexity index is 726. The first-order chi connectivity index (χ1) is 14.2. The van der Waals surface area contributed by atoms with Gasteiger partial charge >= 0.3 is 0 Å². The van der Waals surface area contributed by atoms with Crippen LogP contribution in [0.25, 0.3) is 0 Å². The molecule has 29 heavy (non-hydrogen) atoms. The van der Waals surface area contributed by atoms with Gasteiger partial charge in [0.15, 0.2) is 0 Å². The molecule has 0 aromatic rings. The SMILES string of the molecule is CCC1CCCCN1CCCN1C(=O)C2C=C(N3CCOCC3)C=CC2=NC1=S. The third-order valence-electron chi connectivity index (χ3n) is 6.49. The van der Waals surface area contributed by atoms with Crippen molar-refractivity contribution in [2.45, 2.75) is 45.1 Å². The lowest BCUT2D eigenvalue weighted by Gasteiger charge is -2.37. The molecule has 7 heteroatoms. The van der Waals surface area contributed by atoms with Crippen LogP contribution in [0.2, 0.25) is 0 Å². The highest BCUT2D eigenvalue weighted by molar-refractivity contribution is 7.80. The molecule has 2 fully saturated rings. The van der Waals surface area contributed by atoms with Gasteiger partial charge in [0.2, 0.25) is 11.0 Å². The predicted molar refractivity (Wildman–Crippen MR) is 119 cm³/mol. The first kappa shape index (κ1) is 20.7. The minimum absolute atomic E-state index is 0.0702. The van der Waals surface area contributed by atoms with Crippen LogP contribution in [0, 0.1) is 5.92 Å². The summed E-state index contributed by atoms with van der Waals surface area (Å²) < 4.78 is 5.45. The van der Waals surface area contributed by atoms with E-state index in [0.717, 1.165) is 50.7 Å². The third kappa shape index (κ3) is 4.62. The second-order valence-electron chi connectivity index (χ2n) is 8.26. The maximum Gasteiger partial charge on any atom is 0.241 e. The third-order valence-corrected chi connectivity index (χ3v) is 6.80. The van der Waals surface area contributed by atoms with Crippen molar-refractivity contribution in [3.8, 4) is 0 Å². The Labute approximate surface area is 179 Å². The van der Waals surface area contributed by atoms with Crippen LogP contribution in [0.3, 0.4) is 0 Å². The molecule has 2 unspecified atom stereocenters. The van der Waals surface area contributed by atoms with Crippen LogP contribution in [0.4, 0.5) is 0 Å². The average Bonchev–Trinajstić information content (AvgIpc) is 2.76. The molecule has 0 bridgehead atoms. The van der Waals surface area contributed by atoms with Gasteiger partial charge in [-0.05, 0) is 62.7 Å². The molecule has 0 aromatic carbocycles. The minimum atomic E-state index is -0.317. The number of piperidine rings is 1. The van der Waals surface area contributed by atoms with E-state index >= 15 is 0 Å². The largest absolute Gasteiger partial charge is 0.378 e. The van der Waals surface area contributed by atoms with Gasteiger partial charge in [-0.25, -0.2) is 4.99 Å². The molecule has 4 aliphatic rings. The van der Waals surface area contributed by atoms with Gasteiger partial charge in [0.1, 0.15) is 5.92 Å². The van der Waals surface area contributed by atoms with E-state index in [9.17, 15) is 4.79 Å². The fourth-order valence-corrected chi connectivity index (χ4v) is 5.10. The van der Waals surface area contributed by atoms with Crippen molar-refractivity contribution < 1.29 is 9.53 Å². The molecule has 4 rings (SSSR count). The summed E-state index contributed by atoms with van der Waals surface area (Å²) in [6.07, 6.45) is 12.1. The molecule has 0 radical (unpaired) electrons. The lowest BCUT2D eigenvalue weighted by molar-refractivity contribution is -0.128. The smallest absolute Gasteiger partial charge is 0.241 e. The molecule has 3 heterocycles. The fourth-order valence-electron chi connectivity index (χ4n) is 4.81. The molecule has 0 spiro atoms. The molecule has 0 saturated carbocycles. The van der Waals surface area contributed by atoms with Crippen LogP contribution in [-0.4, -0.2) is 83.4 Å². The van der Waals surface area contributed by atoms with Crippen LogP contribution in [-0.2, 0) is 9.53 Å². The Morgan fingerprint density at radius 2 is 2.00 bits per heavy atom. The number of hydrogen-bond donors (Lipinski definition) is 0. The number of ether oxygens (including phenoxy) is 1. The number of likely N-dealkylation sites (tertiary alicyclic amines) is 1. The Kier molecular flexibility index (Phi) is 6.77. The molecule has 1 aliphatic carbocycles.